The van der Waals surface area contributed by atoms with E-state index in [1.807, 2.05) is 0 Å². The Balaban J connectivity index is 2.02. The van der Waals surface area contributed by atoms with Crippen LogP contribution in [0.5, 0.6) is 5.75 Å². The highest BCUT2D eigenvalue weighted by molar-refractivity contribution is 5.96. The number of nitro groups is 2. The van der Waals surface area contributed by atoms with Gasteiger partial charge in [-0.2, -0.15) is 4.39 Å². The van der Waals surface area contributed by atoms with Crippen molar-refractivity contribution in [2.45, 2.75) is 0 Å². The molecular formula is C16H12FN3O8. The fourth-order valence-corrected chi connectivity index (χ4v) is 2.10. The second kappa shape index (κ2) is 8.53. The molecule has 0 bridgehead atoms. The van der Waals surface area contributed by atoms with Gasteiger partial charge in [0.15, 0.2) is 12.4 Å². The first-order valence-corrected chi connectivity index (χ1v) is 7.46. The van der Waals surface area contributed by atoms with E-state index in [9.17, 15) is 34.2 Å². The summed E-state index contributed by atoms with van der Waals surface area (Å²) in [5.41, 5.74) is -1.55. The predicted molar refractivity (Wildman–Crippen MR) is 91.6 cm³/mol. The smallest absolute Gasteiger partial charge is 0.338 e. The standard InChI is InChI=1S/C16H12FN3O8/c1-27-14-5-2-9(6-13(14)20(25)26)16(22)28-8-15(21)18-10-3-4-11(17)12(7-10)19(23)24/h2-7H,8H2,1H3,(H,18,21). The molecule has 0 aliphatic rings. The van der Waals surface area contributed by atoms with Gasteiger partial charge in [-0.15, -0.1) is 0 Å². The summed E-state index contributed by atoms with van der Waals surface area (Å²) in [5, 5.41) is 23.8. The lowest BCUT2D eigenvalue weighted by Crippen LogP contribution is -2.21. The van der Waals surface area contributed by atoms with Crippen molar-refractivity contribution in [3.8, 4) is 5.75 Å². The number of halogens is 1. The molecule has 0 saturated heterocycles. The number of nitrogens with one attached hydrogen (secondary N) is 1. The van der Waals surface area contributed by atoms with Crippen molar-refractivity contribution in [3.63, 3.8) is 0 Å². The lowest BCUT2D eigenvalue weighted by atomic mass is 10.2. The molecule has 0 spiro atoms. The number of hydrogen-bond acceptors (Lipinski definition) is 8. The van der Waals surface area contributed by atoms with Crippen molar-refractivity contribution in [1.29, 1.82) is 0 Å². The van der Waals surface area contributed by atoms with E-state index in [1.54, 1.807) is 0 Å². The van der Waals surface area contributed by atoms with Crippen LogP contribution in [0.1, 0.15) is 10.4 Å². The first-order chi connectivity index (χ1) is 13.2. The van der Waals surface area contributed by atoms with E-state index >= 15 is 0 Å². The van der Waals surface area contributed by atoms with Gasteiger partial charge in [-0.25, -0.2) is 4.79 Å². The van der Waals surface area contributed by atoms with E-state index in [0.29, 0.717) is 0 Å². The van der Waals surface area contributed by atoms with Crippen molar-refractivity contribution in [3.05, 3.63) is 68.0 Å². The molecule has 0 heterocycles. The van der Waals surface area contributed by atoms with Crippen LogP contribution in [0.15, 0.2) is 36.4 Å². The van der Waals surface area contributed by atoms with Gasteiger partial charge in [0.1, 0.15) is 0 Å². The predicted octanol–water partition coefficient (Wildman–Crippen LogP) is 2.45. The second-order valence-electron chi connectivity index (χ2n) is 5.19. The van der Waals surface area contributed by atoms with E-state index in [0.717, 1.165) is 24.3 Å². The van der Waals surface area contributed by atoms with Crippen LogP contribution in [0, 0.1) is 26.0 Å². The van der Waals surface area contributed by atoms with Gasteiger partial charge in [-0.3, -0.25) is 25.0 Å². The van der Waals surface area contributed by atoms with Crippen molar-refractivity contribution in [2.75, 3.05) is 19.0 Å². The van der Waals surface area contributed by atoms with Crippen LogP contribution >= 0.6 is 0 Å². The summed E-state index contributed by atoms with van der Waals surface area (Å²) in [4.78, 5) is 43.7. The summed E-state index contributed by atoms with van der Waals surface area (Å²) in [6.07, 6.45) is 0. The lowest BCUT2D eigenvalue weighted by molar-refractivity contribution is -0.387. The number of nitro benzene ring substituents is 2. The monoisotopic (exact) mass is 393 g/mol. The number of esters is 1. The minimum atomic E-state index is -1.07. The normalized spacial score (nSPS) is 10.1. The number of benzene rings is 2. The van der Waals surface area contributed by atoms with Gasteiger partial charge < -0.3 is 14.8 Å². The van der Waals surface area contributed by atoms with Gasteiger partial charge in [0.25, 0.3) is 5.91 Å². The topological polar surface area (TPSA) is 151 Å². The number of nitrogens with zero attached hydrogens (tertiary/aromatic N) is 2. The maximum Gasteiger partial charge on any atom is 0.338 e. The van der Waals surface area contributed by atoms with Crippen LogP contribution in [0.3, 0.4) is 0 Å². The van der Waals surface area contributed by atoms with Gasteiger partial charge in [0.05, 0.1) is 22.5 Å². The molecule has 1 N–H and O–H groups in total. The van der Waals surface area contributed by atoms with E-state index in [4.69, 9.17) is 9.47 Å². The number of hydrogen-bond donors (Lipinski definition) is 1. The summed E-state index contributed by atoms with van der Waals surface area (Å²) < 4.78 is 22.8. The van der Waals surface area contributed by atoms with Crippen LogP contribution < -0.4 is 10.1 Å². The molecule has 0 saturated carbocycles. The van der Waals surface area contributed by atoms with Crippen molar-refractivity contribution in [1.82, 2.24) is 0 Å². The molecule has 0 radical (unpaired) electrons. The molecule has 0 aliphatic heterocycles. The SMILES string of the molecule is COc1ccc(C(=O)OCC(=O)Nc2ccc(F)c([N+](=O)[O-])c2)cc1[N+](=O)[O-]. The summed E-state index contributed by atoms with van der Waals surface area (Å²) in [6.45, 7) is -0.774. The highest BCUT2D eigenvalue weighted by Gasteiger charge is 2.20. The summed E-state index contributed by atoms with van der Waals surface area (Å²) >= 11 is 0. The number of anilines is 1. The zero-order valence-electron chi connectivity index (χ0n) is 14.2. The first-order valence-electron chi connectivity index (χ1n) is 7.46. The Bertz CT molecular complexity index is 963. The third-order valence-corrected chi connectivity index (χ3v) is 3.37. The third-order valence-electron chi connectivity index (χ3n) is 3.37. The molecule has 0 atom stereocenters. The number of carbonyl (C=O) groups excluding carboxylic acids is 2. The zero-order chi connectivity index (χ0) is 20.8. The van der Waals surface area contributed by atoms with Crippen molar-refractivity contribution >= 4 is 28.9 Å². The van der Waals surface area contributed by atoms with E-state index < -0.39 is 45.5 Å². The largest absolute Gasteiger partial charge is 0.490 e. The number of amides is 1. The Morgan fingerprint density at radius 1 is 1.07 bits per heavy atom. The molecule has 0 aliphatic carbocycles. The molecule has 1 amide bonds. The first kappa shape index (κ1) is 20.2. The Labute approximate surface area is 156 Å². The molecule has 2 rings (SSSR count). The average Bonchev–Trinajstić information content (AvgIpc) is 2.66. The molecule has 0 unspecified atom stereocenters. The molecule has 0 fully saturated rings. The van der Waals surface area contributed by atoms with Crippen LogP contribution in [-0.4, -0.2) is 35.4 Å². The summed E-state index contributed by atoms with van der Waals surface area (Å²) in [7, 11) is 1.23. The Morgan fingerprint density at radius 3 is 2.36 bits per heavy atom. The molecule has 2 aromatic rings. The van der Waals surface area contributed by atoms with Gasteiger partial charge in [-0.1, -0.05) is 0 Å². The highest BCUT2D eigenvalue weighted by atomic mass is 19.1. The lowest BCUT2D eigenvalue weighted by Gasteiger charge is -2.08. The number of ether oxygens (including phenoxy) is 2. The van der Waals surface area contributed by atoms with Gasteiger partial charge in [0.2, 0.25) is 5.82 Å². The zero-order valence-corrected chi connectivity index (χ0v) is 14.2. The summed E-state index contributed by atoms with van der Waals surface area (Å²) in [5.74, 6) is -2.99. The number of methoxy groups -OCH3 is 1. The molecule has 11 nitrogen and oxygen atoms in total. The number of carbonyl (C=O) groups is 2. The van der Waals surface area contributed by atoms with Crippen molar-refractivity contribution in [2.24, 2.45) is 0 Å². The minimum Gasteiger partial charge on any atom is -0.490 e. The highest BCUT2D eigenvalue weighted by Crippen LogP contribution is 2.27. The fourth-order valence-electron chi connectivity index (χ4n) is 2.10. The maximum atomic E-state index is 13.3. The molecule has 0 aromatic heterocycles. The fraction of sp³-hybridized carbons (Fsp3) is 0.125. The third kappa shape index (κ3) is 4.75. The Morgan fingerprint density at radius 2 is 1.75 bits per heavy atom. The minimum absolute atomic E-state index is 0.0582. The van der Waals surface area contributed by atoms with E-state index in [-0.39, 0.29) is 17.0 Å². The number of rotatable bonds is 7. The van der Waals surface area contributed by atoms with Crippen molar-refractivity contribution < 1.29 is 33.3 Å². The average molecular weight is 393 g/mol. The Kier molecular flexibility index (Phi) is 6.16. The molecular weight excluding hydrogens is 381 g/mol. The van der Waals surface area contributed by atoms with Crippen LogP contribution in [0.25, 0.3) is 0 Å². The summed E-state index contributed by atoms with van der Waals surface area (Å²) in [6, 6.07) is 6.05. The van der Waals surface area contributed by atoms with E-state index in [1.165, 1.54) is 19.2 Å². The molecule has 12 heteroatoms. The van der Waals surface area contributed by atoms with Gasteiger partial charge in [0, 0.05) is 17.8 Å². The molecule has 146 valence electrons. The molecule has 28 heavy (non-hydrogen) atoms. The Hall–Kier alpha value is -4.09. The van der Waals surface area contributed by atoms with Crippen LogP contribution in [0.2, 0.25) is 0 Å². The quantitative estimate of drug-likeness (QED) is 0.428. The van der Waals surface area contributed by atoms with Crippen LogP contribution in [-0.2, 0) is 9.53 Å². The van der Waals surface area contributed by atoms with Crippen LogP contribution in [0.4, 0.5) is 21.5 Å². The van der Waals surface area contributed by atoms with Gasteiger partial charge in [-0.05, 0) is 24.3 Å². The van der Waals surface area contributed by atoms with Gasteiger partial charge >= 0.3 is 17.3 Å². The van der Waals surface area contributed by atoms with E-state index in [2.05, 4.69) is 5.32 Å². The molecule has 2 aromatic carbocycles. The maximum absolute atomic E-state index is 13.3. The second-order valence-corrected chi connectivity index (χ2v) is 5.19.